The molecule has 2 heterocycles. The van der Waals surface area contributed by atoms with Crippen molar-refractivity contribution < 1.29 is 9.90 Å². The van der Waals surface area contributed by atoms with Gasteiger partial charge in [-0.1, -0.05) is 13.8 Å². The summed E-state index contributed by atoms with van der Waals surface area (Å²) in [6.45, 7) is 6.66. The number of pyridine rings is 1. The Labute approximate surface area is 138 Å². The molecule has 0 aromatic carbocycles. The lowest BCUT2D eigenvalue weighted by Crippen LogP contribution is -2.44. The van der Waals surface area contributed by atoms with E-state index in [0.717, 1.165) is 30.9 Å². The van der Waals surface area contributed by atoms with E-state index in [1.54, 1.807) is 6.20 Å². The van der Waals surface area contributed by atoms with Crippen molar-refractivity contribution in [3.63, 3.8) is 0 Å². The highest BCUT2D eigenvalue weighted by molar-refractivity contribution is 5.74. The average molecular weight is 320 g/mol. The number of aromatic nitrogens is 1. The molecule has 2 amide bonds. The third-order valence-electron chi connectivity index (χ3n) is 4.00. The fourth-order valence-corrected chi connectivity index (χ4v) is 2.86. The second kappa shape index (κ2) is 8.72. The van der Waals surface area contributed by atoms with Crippen molar-refractivity contribution in [1.29, 1.82) is 0 Å². The third kappa shape index (κ3) is 5.71. The number of rotatable bonds is 7. The molecule has 1 saturated heterocycles. The summed E-state index contributed by atoms with van der Waals surface area (Å²) in [5, 5.41) is 15.0. The van der Waals surface area contributed by atoms with E-state index >= 15 is 0 Å². The van der Waals surface area contributed by atoms with Crippen LogP contribution in [-0.2, 0) is 6.54 Å². The Balaban J connectivity index is 1.82. The van der Waals surface area contributed by atoms with Gasteiger partial charge in [0, 0.05) is 25.8 Å². The quantitative estimate of drug-likeness (QED) is 0.717. The Hall–Kier alpha value is -1.82. The Morgan fingerprint density at radius 1 is 1.39 bits per heavy atom. The molecule has 0 bridgehead atoms. The van der Waals surface area contributed by atoms with Gasteiger partial charge in [0.25, 0.3) is 0 Å². The zero-order valence-electron chi connectivity index (χ0n) is 14.1. The Morgan fingerprint density at radius 3 is 2.78 bits per heavy atom. The summed E-state index contributed by atoms with van der Waals surface area (Å²) in [6, 6.07) is 3.50. The number of nitrogens with zero attached hydrogens (tertiary/aromatic N) is 2. The smallest absolute Gasteiger partial charge is 0.315 e. The number of hydrogen-bond acceptors (Lipinski definition) is 4. The van der Waals surface area contributed by atoms with E-state index in [1.165, 1.54) is 12.8 Å². The van der Waals surface area contributed by atoms with Gasteiger partial charge in [-0.2, -0.15) is 0 Å². The van der Waals surface area contributed by atoms with Gasteiger partial charge in [0.2, 0.25) is 0 Å². The molecule has 1 aliphatic heterocycles. The van der Waals surface area contributed by atoms with Gasteiger partial charge in [-0.15, -0.1) is 0 Å². The van der Waals surface area contributed by atoms with Crippen molar-refractivity contribution in [3.8, 4) is 0 Å². The van der Waals surface area contributed by atoms with E-state index in [1.807, 2.05) is 12.1 Å². The highest BCUT2D eigenvalue weighted by Crippen LogP contribution is 2.18. The SMILES string of the molecule is CC(C)CC(CO)NC(=O)NCc1ccnc(N2CCCC2)c1. The molecule has 1 aromatic rings. The van der Waals surface area contributed by atoms with Gasteiger partial charge in [0.15, 0.2) is 0 Å². The molecule has 1 atom stereocenters. The van der Waals surface area contributed by atoms with Crippen molar-refractivity contribution in [1.82, 2.24) is 15.6 Å². The Bertz CT molecular complexity index is 501. The summed E-state index contributed by atoms with van der Waals surface area (Å²) < 4.78 is 0. The number of urea groups is 1. The molecule has 1 fully saturated rings. The minimum atomic E-state index is -0.246. The van der Waals surface area contributed by atoms with Crippen LogP contribution >= 0.6 is 0 Å². The molecule has 2 rings (SSSR count). The minimum absolute atomic E-state index is 0.0417. The molecule has 23 heavy (non-hydrogen) atoms. The van der Waals surface area contributed by atoms with E-state index in [4.69, 9.17) is 0 Å². The normalized spacial score (nSPS) is 15.7. The van der Waals surface area contributed by atoms with Crippen LogP contribution in [0.1, 0.15) is 38.7 Å². The molecule has 0 saturated carbocycles. The van der Waals surface area contributed by atoms with Crippen LogP contribution in [0.25, 0.3) is 0 Å². The zero-order chi connectivity index (χ0) is 16.7. The summed E-state index contributed by atoms with van der Waals surface area (Å²) in [7, 11) is 0. The average Bonchev–Trinajstić information content (AvgIpc) is 3.06. The van der Waals surface area contributed by atoms with Gasteiger partial charge < -0.3 is 20.6 Å². The molecule has 0 radical (unpaired) electrons. The summed E-state index contributed by atoms with van der Waals surface area (Å²) in [5.41, 5.74) is 1.03. The van der Waals surface area contributed by atoms with E-state index in [2.05, 4.69) is 34.4 Å². The van der Waals surface area contributed by atoms with E-state index in [0.29, 0.717) is 12.5 Å². The molecule has 6 heteroatoms. The van der Waals surface area contributed by atoms with Crippen LogP contribution in [0.4, 0.5) is 10.6 Å². The zero-order valence-corrected chi connectivity index (χ0v) is 14.1. The van der Waals surface area contributed by atoms with E-state index in [-0.39, 0.29) is 18.7 Å². The monoisotopic (exact) mass is 320 g/mol. The summed E-state index contributed by atoms with van der Waals surface area (Å²) in [4.78, 5) is 18.6. The van der Waals surface area contributed by atoms with Crippen molar-refractivity contribution in [2.24, 2.45) is 5.92 Å². The molecule has 1 unspecified atom stereocenters. The maximum Gasteiger partial charge on any atom is 0.315 e. The van der Waals surface area contributed by atoms with Gasteiger partial charge in [-0.05, 0) is 42.9 Å². The van der Waals surface area contributed by atoms with Crippen molar-refractivity contribution in [2.45, 2.75) is 45.7 Å². The molecule has 128 valence electrons. The molecule has 1 aliphatic rings. The van der Waals surface area contributed by atoms with Crippen LogP contribution in [0, 0.1) is 5.92 Å². The molecule has 6 nitrogen and oxygen atoms in total. The first kappa shape index (κ1) is 17.5. The lowest BCUT2D eigenvalue weighted by atomic mass is 10.0. The predicted molar refractivity (Wildman–Crippen MR) is 91.4 cm³/mol. The number of aliphatic hydroxyl groups excluding tert-OH is 1. The van der Waals surface area contributed by atoms with Crippen LogP contribution < -0.4 is 15.5 Å². The van der Waals surface area contributed by atoms with E-state index in [9.17, 15) is 9.90 Å². The van der Waals surface area contributed by atoms with Crippen LogP contribution in [-0.4, -0.2) is 41.9 Å². The first-order valence-electron chi connectivity index (χ1n) is 8.43. The number of hydrogen-bond donors (Lipinski definition) is 3. The standard InChI is InChI=1S/C17H28N4O2/c1-13(2)9-15(12-22)20-17(23)19-11-14-5-6-18-16(10-14)21-7-3-4-8-21/h5-6,10,13,15,22H,3-4,7-9,11-12H2,1-2H3,(H2,19,20,23). The fourth-order valence-electron chi connectivity index (χ4n) is 2.86. The molecule has 3 N–H and O–H groups in total. The summed E-state index contributed by atoms with van der Waals surface area (Å²) >= 11 is 0. The second-order valence-electron chi connectivity index (χ2n) is 6.55. The first-order valence-corrected chi connectivity index (χ1v) is 8.43. The van der Waals surface area contributed by atoms with Crippen molar-refractivity contribution >= 4 is 11.8 Å². The summed E-state index contributed by atoms with van der Waals surface area (Å²) in [5.74, 6) is 1.41. The first-order chi connectivity index (χ1) is 11.1. The van der Waals surface area contributed by atoms with Gasteiger partial charge in [0.05, 0.1) is 12.6 Å². The number of aliphatic hydroxyl groups is 1. The van der Waals surface area contributed by atoms with Crippen molar-refractivity contribution in [3.05, 3.63) is 23.9 Å². The topological polar surface area (TPSA) is 77.5 Å². The lowest BCUT2D eigenvalue weighted by Gasteiger charge is -2.19. The largest absolute Gasteiger partial charge is 0.394 e. The number of carbonyl (C=O) groups excluding carboxylic acids is 1. The maximum absolute atomic E-state index is 11.9. The number of anilines is 1. The molecule has 0 spiro atoms. The summed E-state index contributed by atoms with van der Waals surface area (Å²) in [6.07, 6.45) is 4.98. The van der Waals surface area contributed by atoms with Gasteiger partial charge in [-0.25, -0.2) is 9.78 Å². The number of amides is 2. The van der Waals surface area contributed by atoms with Crippen molar-refractivity contribution in [2.75, 3.05) is 24.6 Å². The molecule has 1 aromatic heterocycles. The second-order valence-corrected chi connectivity index (χ2v) is 6.55. The van der Waals surface area contributed by atoms with E-state index < -0.39 is 0 Å². The highest BCUT2D eigenvalue weighted by Gasteiger charge is 2.15. The highest BCUT2D eigenvalue weighted by atomic mass is 16.3. The van der Waals surface area contributed by atoms with Gasteiger partial charge in [-0.3, -0.25) is 0 Å². The third-order valence-corrected chi connectivity index (χ3v) is 4.00. The lowest BCUT2D eigenvalue weighted by molar-refractivity contribution is 0.206. The fraction of sp³-hybridized carbons (Fsp3) is 0.647. The number of carbonyl (C=O) groups is 1. The van der Waals surface area contributed by atoms with Gasteiger partial charge >= 0.3 is 6.03 Å². The maximum atomic E-state index is 11.9. The Kier molecular flexibility index (Phi) is 6.65. The molecular weight excluding hydrogens is 292 g/mol. The van der Waals surface area contributed by atoms with Gasteiger partial charge in [0.1, 0.15) is 5.82 Å². The minimum Gasteiger partial charge on any atom is -0.394 e. The molecular formula is C17H28N4O2. The van der Waals surface area contributed by atoms with Crippen LogP contribution in [0.2, 0.25) is 0 Å². The van der Waals surface area contributed by atoms with Crippen LogP contribution in [0.15, 0.2) is 18.3 Å². The Morgan fingerprint density at radius 2 is 2.13 bits per heavy atom. The number of nitrogens with one attached hydrogen (secondary N) is 2. The van der Waals surface area contributed by atoms with Crippen LogP contribution in [0.3, 0.4) is 0 Å². The predicted octanol–water partition coefficient (Wildman–Crippen LogP) is 1.89. The van der Waals surface area contributed by atoms with Crippen LogP contribution in [0.5, 0.6) is 0 Å². The molecule has 0 aliphatic carbocycles.